The maximum absolute atomic E-state index is 9.77. The van der Waals surface area contributed by atoms with E-state index in [1.54, 1.807) is 0 Å². The van der Waals surface area contributed by atoms with Crippen LogP contribution in [0.25, 0.3) is 0 Å². The van der Waals surface area contributed by atoms with Crippen molar-refractivity contribution in [3.8, 4) is 0 Å². The van der Waals surface area contributed by atoms with Crippen LogP contribution in [0.3, 0.4) is 0 Å². The number of carbonyl (C=O) groups excluding carboxylic acids is 1. The van der Waals surface area contributed by atoms with Gasteiger partial charge >= 0.3 is 49.7 Å². The molecule has 0 radical (unpaired) electrons. The SMILES string of the molecule is O=C(O)CC(=O)OO.[CaH2]. The van der Waals surface area contributed by atoms with Crippen LogP contribution in [0, 0.1) is 0 Å². The molecule has 0 unspecified atom stereocenters. The second-order valence-corrected chi connectivity index (χ2v) is 1.03. The van der Waals surface area contributed by atoms with Crippen LogP contribution in [0.2, 0.25) is 0 Å². The number of hydrogen-bond donors (Lipinski definition) is 2. The Morgan fingerprint density at radius 1 is 1.44 bits per heavy atom. The van der Waals surface area contributed by atoms with Gasteiger partial charge < -0.3 is 9.99 Å². The van der Waals surface area contributed by atoms with Crippen LogP contribution >= 0.6 is 0 Å². The third kappa shape index (κ3) is 8.16. The monoisotopic (exact) mass is 162 g/mol. The van der Waals surface area contributed by atoms with Crippen LogP contribution < -0.4 is 0 Å². The molecule has 0 aliphatic heterocycles. The van der Waals surface area contributed by atoms with E-state index in [4.69, 9.17) is 10.4 Å². The Morgan fingerprint density at radius 2 is 1.89 bits per heavy atom. The average molecular weight is 162 g/mol. The summed E-state index contributed by atoms with van der Waals surface area (Å²) >= 11 is 0. The van der Waals surface area contributed by atoms with Gasteiger partial charge in [0.05, 0.1) is 0 Å². The first kappa shape index (κ1) is 11.9. The third-order valence-corrected chi connectivity index (χ3v) is 0.397. The average Bonchev–Trinajstić information content (AvgIpc) is 1.65. The first-order chi connectivity index (χ1) is 3.66. The summed E-state index contributed by atoms with van der Waals surface area (Å²) in [6.07, 6.45) is -0.809. The molecule has 0 aromatic rings. The van der Waals surface area contributed by atoms with E-state index in [0.29, 0.717) is 0 Å². The molecule has 0 fully saturated rings. The Hall–Kier alpha value is 0.160. The van der Waals surface area contributed by atoms with E-state index < -0.39 is 18.4 Å². The van der Waals surface area contributed by atoms with E-state index in [1.165, 1.54) is 0 Å². The molecular weight excluding hydrogens is 156 g/mol. The summed E-state index contributed by atoms with van der Waals surface area (Å²) < 4.78 is 0. The fraction of sp³-hybridized carbons (Fsp3) is 0.333. The van der Waals surface area contributed by atoms with Crippen LogP contribution in [-0.4, -0.2) is 60.0 Å². The summed E-state index contributed by atoms with van der Waals surface area (Å²) in [5, 5.41) is 15.3. The van der Waals surface area contributed by atoms with Crippen LogP contribution in [-0.2, 0) is 14.5 Å². The molecule has 0 rings (SSSR count). The number of aliphatic carboxylic acids is 1. The zero-order chi connectivity index (χ0) is 6.57. The van der Waals surface area contributed by atoms with Crippen molar-refractivity contribution in [3.05, 3.63) is 0 Å². The molecule has 0 spiro atoms. The van der Waals surface area contributed by atoms with Crippen molar-refractivity contribution in [1.29, 1.82) is 0 Å². The molecule has 50 valence electrons. The van der Waals surface area contributed by atoms with Gasteiger partial charge in [-0.25, -0.2) is 4.79 Å². The van der Waals surface area contributed by atoms with E-state index in [1.807, 2.05) is 0 Å². The second kappa shape index (κ2) is 6.28. The van der Waals surface area contributed by atoms with E-state index in [2.05, 4.69) is 4.89 Å². The minimum absolute atomic E-state index is 0. The summed E-state index contributed by atoms with van der Waals surface area (Å²) in [4.78, 5) is 22.4. The molecular formula is C3H6CaO5. The van der Waals surface area contributed by atoms with Gasteiger partial charge in [0, 0.05) is 0 Å². The van der Waals surface area contributed by atoms with Crippen molar-refractivity contribution < 1.29 is 24.8 Å². The van der Waals surface area contributed by atoms with Crippen molar-refractivity contribution in [2.75, 3.05) is 0 Å². The van der Waals surface area contributed by atoms with Crippen molar-refractivity contribution in [2.45, 2.75) is 6.42 Å². The Kier molecular flexibility index (Phi) is 8.30. The molecule has 0 aromatic carbocycles. The van der Waals surface area contributed by atoms with Crippen LogP contribution in [0.5, 0.6) is 0 Å². The van der Waals surface area contributed by atoms with Crippen molar-refractivity contribution >= 4 is 49.7 Å². The Balaban J connectivity index is 0. The maximum atomic E-state index is 9.77. The van der Waals surface area contributed by atoms with Gasteiger partial charge in [-0.1, -0.05) is 0 Å². The quantitative estimate of drug-likeness (QED) is 0.225. The van der Waals surface area contributed by atoms with Gasteiger partial charge in [-0.05, 0) is 0 Å². The molecule has 0 aromatic heterocycles. The van der Waals surface area contributed by atoms with E-state index in [0.717, 1.165) is 0 Å². The fourth-order valence-corrected chi connectivity index (χ4v) is 0.156. The molecule has 5 nitrogen and oxygen atoms in total. The molecule has 6 heteroatoms. The van der Waals surface area contributed by atoms with Crippen molar-refractivity contribution in [3.63, 3.8) is 0 Å². The first-order valence-electron chi connectivity index (χ1n) is 1.73. The van der Waals surface area contributed by atoms with Gasteiger partial charge in [-0.2, -0.15) is 5.26 Å². The van der Waals surface area contributed by atoms with Crippen molar-refractivity contribution in [2.24, 2.45) is 0 Å². The first-order valence-corrected chi connectivity index (χ1v) is 1.73. The number of carbonyl (C=O) groups is 2. The van der Waals surface area contributed by atoms with Crippen LogP contribution in [0.4, 0.5) is 0 Å². The predicted octanol–water partition coefficient (Wildman–Crippen LogP) is -1.44. The molecule has 0 saturated carbocycles. The van der Waals surface area contributed by atoms with Crippen LogP contribution in [0.15, 0.2) is 0 Å². The van der Waals surface area contributed by atoms with E-state index in [9.17, 15) is 9.59 Å². The molecule has 0 aliphatic rings. The molecule has 0 aliphatic carbocycles. The summed E-state index contributed by atoms with van der Waals surface area (Å²) in [6.45, 7) is 0. The summed E-state index contributed by atoms with van der Waals surface area (Å²) in [6, 6.07) is 0. The van der Waals surface area contributed by atoms with Gasteiger partial charge in [0.15, 0.2) is 0 Å². The number of carboxylic acids is 1. The van der Waals surface area contributed by atoms with Crippen molar-refractivity contribution in [1.82, 2.24) is 0 Å². The third-order valence-electron chi connectivity index (χ3n) is 0.397. The number of rotatable bonds is 2. The number of hydrogen-bond acceptors (Lipinski definition) is 4. The standard InChI is InChI=1S/C3H4O5.Ca.2H/c4-2(5)1-3(6)8-7;;;/h7H,1H2,(H,4,5);;;. The molecule has 0 heterocycles. The Bertz CT molecular complexity index is 111. The molecule has 0 bridgehead atoms. The normalized spacial score (nSPS) is 7.22. The minimum atomic E-state index is -1.33. The van der Waals surface area contributed by atoms with Gasteiger partial charge in [0.1, 0.15) is 6.42 Å². The van der Waals surface area contributed by atoms with Gasteiger partial charge in [0.2, 0.25) is 0 Å². The molecule has 0 atom stereocenters. The van der Waals surface area contributed by atoms with Gasteiger partial charge in [-0.3, -0.25) is 4.79 Å². The summed E-state index contributed by atoms with van der Waals surface area (Å²) in [5.41, 5.74) is 0. The van der Waals surface area contributed by atoms with E-state index >= 15 is 0 Å². The van der Waals surface area contributed by atoms with E-state index in [-0.39, 0.29) is 37.7 Å². The summed E-state index contributed by atoms with van der Waals surface area (Å²) in [7, 11) is 0. The zero-order valence-corrected chi connectivity index (χ0v) is 3.83. The van der Waals surface area contributed by atoms with Gasteiger partial charge in [0.25, 0.3) is 0 Å². The van der Waals surface area contributed by atoms with Gasteiger partial charge in [-0.15, -0.1) is 0 Å². The number of carboxylic acid groups (broad SMARTS) is 1. The molecule has 2 N–H and O–H groups in total. The fourth-order valence-electron chi connectivity index (χ4n) is 0.156. The topological polar surface area (TPSA) is 83.8 Å². The predicted molar refractivity (Wildman–Crippen MR) is 29.5 cm³/mol. The molecule has 0 amide bonds. The Morgan fingerprint density at radius 3 is 2.00 bits per heavy atom. The molecule has 0 saturated heterocycles. The summed E-state index contributed by atoms with van der Waals surface area (Å²) in [5.74, 6) is -2.50. The Labute approximate surface area is 80.5 Å². The molecule has 9 heavy (non-hydrogen) atoms. The van der Waals surface area contributed by atoms with Crippen LogP contribution in [0.1, 0.15) is 6.42 Å². The second-order valence-electron chi connectivity index (χ2n) is 1.03. The zero-order valence-electron chi connectivity index (χ0n) is 3.83.